The molecule has 0 saturated carbocycles. The second-order valence-corrected chi connectivity index (χ2v) is 4.34. The maximum absolute atomic E-state index is 5.90. The van der Waals surface area contributed by atoms with Crippen LogP contribution in [0.4, 0.5) is 0 Å². The second-order valence-electron chi connectivity index (χ2n) is 4.34. The highest BCUT2D eigenvalue weighted by Crippen LogP contribution is 2.23. The Bertz CT molecular complexity index is 534. The van der Waals surface area contributed by atoms with Crippen molar-refractivity contribution in [1.29, 1.82) is 0 Å². The Kier molecular flexibility index (Phi) is 3.62. The van der Waals surface area contributed by atoms with Crippen LogP contribution in [-0.2, 0) is 13.7 Å². The Morgan fingerprint density at radius 3 is 2.67 bits per heavy atom. The van der Waals surface area contributed by atoms with Crippen molar-refractivity contribution in [1.82, 2.24) is 14.8 Å². The van der Waals surface area contributed by atoms with Gasteiger partial charge in [-0.05, 0) is 19.9 Å². The van der Waals surface area contributed by atoms with Crippen molar-refractivity contribution in [2.75, 3.05) is 0 Å². The Morgan fingerprint density at radius 2 is 2.06 bits per heavy atom. The molecule has 5 nitrogen and oxygen atoms in total. The smallest absolute Gasteiger partial charge is 0.170 e. The third-order valence-corrected chi connectivity index (χ3v) is 2.95. The lowest BCUT2D eigenvalue weighted by molar-refractivity contribution is 0.287. The number of hydrogen-bond acceptors (Lipinski definition) is 4. The van der Waals surface area contributed by atoms with Crippen LogP contribution in [0.15, 0.2) is 24.3 Å². The van der Waals surface area contributed by atoms with Crippen LogP contribution in [0, 0.1) is 6.92 Å². The molecule has 96 valence electrons. The van der Waals surface area contributed by atoms with Gasteiger partial charge in [-0.25, -0.2) is 0 Å². The lowest BCUT2D eigenvalue weighted by Crippen LogP contribution is -2.09. The Balaban J connectivity index is 2.13. The molecule has 1 heterocycles. The fourth-order valence-electron chi connectivity index (χ4n) is 1.71. The van der Waals surface area contributed by atoms with Gasteiger partial charge in [0.05, 0.1) is 0 Å². The van der Waals surface area contributed by atoms with E-state index < -0.39 is 0 Å². The molecule has 0 bridgehead atoms. The van der Waals surface area contributed by atoms with Gasteiger partial charge in [-0.3, -0.25) is 0 Å². The number of aryl methyl sites for hydroxylation is 1. The number of benzene rings is 1. The molecule has 1 aromatic carbocycles. The van der Waals surface area contributed by atoms with Crippen molar-refractivity contribution in [3.63, 3.8) is 0 Å². The lowest BCUT2D eigenvalue weighted by atomic mass is 10.1. The number of para-hydroxylation sites is 1. The summed E-state index contributed by atoms with van der Waals surface area (Å²) in [6.45, 7) is 4.24. The van der Waals surface area contributed by atoms with E-state index in [1.54, 1.807) is 0 Å². The summed E-state index contributed by atoms with van der Waals surface area (Å²) in [5, 5.41) is 8.06. The van der Waals surface area contributed by atoms with E-state index in [1.165, 1.54) is 0 Å². The molecule has 0 aliphatic heterocycles. The van der Waals surface area contributed by atoms with Crippen molar-refractivity contribution in [2.24, 2.45) is 12.8 Å². The lowest BCUT2D eigenvalue weighted by Gasteiger charge is -2.13. The van der Waals surface area contributed by atoms with Crippen molar-refractivity contribution in [2.45, 2.75) is 26.5 Å². The summed E-state index contributed by atoms with van der Waals surface area (Å²) < 4.78 is 7.69. The molecule has 1 atom stereocenters. The van der Waals surface area contributed by atoms with Crippen LogP contribution in [-0.4, -0.2) is 14.8 Å². The molecule has 0 fully saturated rings. The van der Waals surface area contributed by atoms with Gasteiger partial charge in [0.25, 0.3) is 0 Å². The van der Waals surface area contributed by atoms with E-state index in [0.717, 1.165) is 23.0 Å². The topological polar surface area (TPSA) is 66.0 Å². The highest BCUT2D eigenvalue weighted by Gasteiger charge is 2.09. The van der Waals surface area contributed by atoms with Crippen molar-refractivity contribution in [3.05, 3.63) is 41.5 Å². The van der Waals surface area contributed by atoms with E-state index in [0.29, 0.717) is 6.61 Å². The van der Waals surface area contributed by atoms with Crippen molar-refractivity contribution < 1.29 is 4.74 Å². The molecule has 2 N–H and O–H groups in total. The molecule has 2 aromatic rings. The number of nitrogens with zero attached hydrogens (tertiary/aromatic N) is 3. The maximum Gasteiger partial charge on any atom is 0.170 e. The van der Waals surface area contributed by atoms with Gasteiger partial charge in [-0.1, -0.05) is 18.2 Å². The molecule has 0 saturated heterocycles. The molecule has 0 radical (unpaired) electrons. The number of hydrogen-bond donors (Lipinski definition) is 1. The van der Waals surface area contributed by atoms with Gasteiger partial charge in [0.2, 0.25) is 0 Å². The summed E-state index contributed by atoms with van der Waals surface area (Å²) in [4.78, 5) is 0. The first-order chi connectivity index (χ1) is 8.59. The minimum absolute atomic E-state index is 0.0533. The number of aromatic nitrogens is 3. The largest absolute Gasteiger partial charge is 0.485 e. The number of nitrogens with two attached hydrogens (primary N) is 1. The third-order valence-electron chi connectivity index (χ3n) is 2.95. The van der Waals surface area contributed by atoms with Crippen LogP contribution in [0.5, 0.6) is 5.75 Å². The van der Waals surface area contributed by atoms with Gasteiger partial charge in [0.15, 0.2) is 5.82 Å². The van der Waals surface area contributed by atoms with Crippen LogP contribution in [0.25, 0.3) is 0 Å². The zero-order valence-electron chi connectivity index (χ0n) is 10.9. The van der Waals surface area contributed by atoms with Crippen molar-refractivity contribution >= 4 is 0 Å². The summed E-state index contributed by atoms with van der Waals surface area (Å²) >= 11 is 0. The summed E-state index contributed by atoms with van der Waals surface area (Å²) in [6, 6.07) is 7.73. The summed E-state index contributed by atoms with van der Waals surface area (Å²) in [5.74, 6) is 2.47. The Morgan fingerprint density at radius 1 is 1.33 bits per heavy atom. The van der Waals surface area contributed by atoms with Crippen LogP contribution in [0.2, 0.25) is 0 Å². The molecule has 0 unspecified atom stereocenters. The van der Waals surface area contributed by atoms with E-state index in [-0.39, 0.29) is 6.04 Å². The highest BCUT2D eigenvalue weighted by molar-refractivity contribution is 5.35. The standard InChI is InChI=1S/C13H18N4O/c1-9(14)11-6-4-5-7-12(11)18-8-13-16-15-10(2)17(13)3/h4-7,9H,8,14H2,1-3H3/t9-/m1/s1. The van der Waals surface area contributed by atoms with Crippen LogP contribution < -0.4 is 10.5 Å². The summed E-state index contributed by atoms with van der Waals surface area (Å²) in [7, 11) is 1.92. The van der Waals surface area contributed by atoms with Crippen LogP contribution >= 0.6 is 0 Å². The number of ether oxygens (including phenoxy) is 1. The molecule has 18 heavy (non-hydrogen) atoms. The molecule has 0 amide bonds. The number of rotatable bonds is 4. The SMILES string of the molecule is Cc1nnc(COc2ccccc2[C@@H](C)N)n1C. The minimum atomic E-state index is -0.0533. The second kappa shape index (κ2) is 5.18. The fraction of sp³-hybridized carbons (Fsp3) is 0.385. The molecule has 0 spiro atoms. The van der Waals surface area contributed by atoms with Gasteiger partial charge in [-0.2, -0.15) is 0 Å². The molecule has 0 aliphatic rings. The van der Waals surface area contributed by atoms with E-state index >= 15 is 0 Å². The molecule has 1 aromatic heterocycles. The normalized spacial score (nSPS) is 12.4. The highest BCUT2D eigenvalue weighted by atomic mass is 16.5. The first-order valence-electron chi connectivity index (χ1n) is 5.91. The monoisotopic (exact) mass is 246 g/mol. The van der Waals surface area contributed by atoms with E-state index in [4.69, 9.17) is 10.5 Å². The third kappa shape index (κ3) is 2.51. The first-order valence-corrected chi connectivity index (χ1v) is 5.91. The Hall–Kier alpha value is -1.88. The van der Waals surface area contributed by atoms with Gasteiger partial charge in [0.1, 0.15) is 18.2 Å². The van der Waals surface area contributed by atoms with Crippen molar-refractivity contribution in [3.8, 4) is 5.75 Å². The van der Waals surface area contributed by atoms with E-state index in [2.05, 4.69) is 10.2 Å². The van der Waals surface area contributed by atoms with Gasteiger partial charge in [-0.15, -0.1) is 10.2 Å². The molecule has 5 heteroatoms. The predicted molar refractivity (Wildman–Crippen MR) is 69.1 cm³/mol. The maximum atomic E-state index is 5.90. The fourth-order valence-corrected chi connectivity index (χ4v) is 1.71. The predicted octanol–water partition coefficient (Wildman–Crippen LogP) is 1.72. The van der Waals surface area contributed by atoms with Crippen LogP contribution in [0.1, 0.15) is 30.2 Å². The first kappa shape index (κ1) is 12.6. The zero-order chi connectivity index (χ0) is 13.1. The Labute approximate surface area is 107 Å². The summed E-state index contributed by atoms with van der Waals surface area (Å²) in [5.41, 5.74) is 6.90. The average Bonchev–Trinajstić information content (AvgIpc) is 2.68. The average molecular weight is 246 g/mol. The molecular formula is C13H18N4O. The van der Waals surface area contributed by atoms with E-state index in [1.807, 2.05) is 49.7 Å². The quantitative estimate of drug-likeness (QED) is 0.892. The zero-order valence-corrected chi connectivity index (χ0v) is 10.9. The van der Waals surface area contributed by atoms with Gasteiger partial charge >= 0.3 is 0 Å². The van der Waals surface area contributed by atoms with Gasteiger partial charge < -0.3 is 15.0 Å². The van der Waals surface area contributed by atoms with Crippen LogP contribution in [0.3, 0.4) is 0 Å². The molecular weight excluding hydrogens is 228 g/mol. The van der Waals surface area contributed by atoms with Gasteiger partial charge in [0, 0.05) is 18.7 Å². The minimum Gasteiger partial charge on any atom is -0.485 e. The molecule has 0 aliphatic carbocycles. The van der Waals surface area contributed by atoms with E-state index in [9.17, 15) is 0 Å². The molecule has 2 rings (SSSR count). The summed E-state index contributed by atoms with van der Waals surface area (Å²) in [6.07, 6.45) is 0.